The normalized spacial score (nSPS) is 17.2. The van der Waals surface area contributed by atoms with E-state index < -0.39 is 0 Å². The van der Waals surface area contributed by atoms with Gasteiger partial charge < -0.3 is 14.4 Å². The zero-order valence-corrected chi connectivity index (χ0v) is 11.9. The summed E-state index contributed by atoms with van der Waals surface area (Å²) in [6.07, 6.45) is -0.0293. The molecule has 1 aliphatic rings. The summed E-state index contributed by atoms with van der Waals surface area (Å²) in [6, 6.07) is 16.4. The number of nitrogens with zero attached hydrogens (tertiary/aromatic N) is 1. The highest BCUT2D eigenvalue weighted by Gasteiger charge is 2.21. The molecule has 0 saturated carbocycles. The predicted octanol–water partition coefficient (Wildman–Crippen LogP) is 3.26. The van der Waals surface area contributed by atoms with Crippen LogP contribution >= 0.6 is 0 Å². The van der Waals surface area contributed by atoms with Crippen molar-refractivity contribution >= 4 is 0 Å². The molecule has 3 nitrogen and oxygen atoms in total. The lowest BCUT2D eigenvalue weighted by atomic mass is 10.1. The molecule has 2 aromatic rings. The van der Waals surface area contributed by atoms with Gasteiger partial charge in [0.05, 0.1) is 0 Å². The molecule has 0 spiro atoms. The molecule has 0 unspecified atom stereocenters. The van der Waals surface area contributed by atoms with Gasteiger partial charge in [-0.15, -0.1) is 0 Å². The van der Waals surface area contributed by atoms with E-state index in [2.05, 4.69) is 43.3 Å². The third-order valence-electron chi connectivity index (χ3n) is 3.36. The summed E-state index contributed by atoms with van der Waals surface area (Å²) in [5, 5.41) is 0. The van der Waals surface area contributed by atoms with Crippen LogP contribution in [0, 0.1) is 0 Å². The second kappa shape index (κ2) is 5.55. The molecule has 0 aliphatic carbocycles. The summed E-state index contributed by atoms with van der Waals surface area (Å²) in [5.74, 6) is 1.65. The molecule has 0 radical (unpaired) electrons. The van der Waals surface area contributed by atoms with Crippen molar-refractivity contribution in [3.05, 3.63) is 59.7 Å². The monoisotopic (exact) mass is 269 g/mol. The van der Waals surface area contributed by atoms with Gasteiger partial charge in [-0.1, -0.05) is 36.4 Å². The van der Waals surface area contributed by atoms with E-state index in [9.17, 15) is 0 Å². The lowest BCUT2D eigenvalue weighted by molar-refractivity contribution is 0.0913. The van der Waals surface area contributed by atoms with Gasteiger partial charge in [-0.25, -0.2) is 0 Å². The fourth-order valence-corrected chi connectivity index (χ4v) is 2.39. The van der Waals surface area contributed by atoms with Crippen LogP contribution < -0.4 is 9.47 Å². The number of hydrogen-bond donors (Lipinski definition) is 0. The average molecular weight is 269 g/mol. The Morgan fingerprint density at radius 3 is 2.40 bits per heavy atom. The second-order valence-electron chi connectivity index (χ2n) is 5.34. The number of hydrogen-bond acceptors (Lipinski definition) is 3. The van der Waals surface area contributed by atoms with E-state index in [0.29, 0.717) is 6.61 Å². The van der Waals surface area contributed by atoms with Gasteiger partial charge in [0.2, 0.25) is 0 Å². The molecular formula is C17H19NO2. The Morgan fingerprint density at radius 2 is 1.70 bits per heavy atom. The van der Waals surface area contributed by atoms with Crippen LogP contribution in [0.4, 0.5) is 0 Å². The maximum Gasteiger partial charge on any atom is 0.162 e. The molecule has 20 heavy (non-hydrogen) atoms. The van der Waals surface area contributed by atoms with Crippen LogP contribution in [0.15, 0.2) is 48.5 Å². The van der Waals surface area contributed by atoms with Crippen LogP contribution in [0.1, 0.15) is 17.2 Å². The van der Waals surface area contributed by atoms with Crippen molar-refractivity contribution in [3.63, 3.8) is 0 Å². The third kappa shape index (κ3) is 2.78. The van der Waals surface area contributed by atoms with Crippen molar-refractivity contribution in [3.8, 4) is 11.5 Å². The van der Waals surface area contributed by atoms with Gasteiger partial charge in [0.15, 0.2) is 17.6 Å². The van der Waals surface area contributed by atoms with Crippen LogP contribution in [0.5, 0.6) is 11.5 Å². The maximum absolute atomic E-state index is 6.00. The first kappa shape index (κ1) is 13.0. The van der Waals surface area contributed by atoms with Crippen LogP contribution in [0.2, 0.25) is 0 Å². The summed E-state index contributed by atoms with van der Waals surface area (Å²) >= 11 is 0. The maximum atomic E-state index is 6.00. The summed E-state index contributed by atoms with van der Waals surface area (Å²) in [7, 11) is 4.14. The van der Waals surface area contributed by atoms with Gasteiger partial charge in [-0.05, 0) is 37.4 Å². The Hall–Kier alpha value is -2.00. The molecule has 1 atom stereocenters. The van der Waals surface area contributed by atoms with Gasteiger partial charge in [-0.3, -0.25) is 0 Å². The molecule has 0 aromatic heterocycles. The Labute approximate surface area is 119 Å². The minimum absolute atomic E-state index is 0.0293. The highest BCUT2D eigenvalue weighted by molar-refractivity contribution is 5.41. The first-order valence-corrected chi connectivity index (χ1v) is 6.84. The van der Waals surface area contributed by atoms with Crippen LogP contribution in [0.3, 0.4) is 0 Å². The predicted molar refractivity (Wildman–Crippen MR) is 79.1 cm³/mol. The lowest BCUT2D eigenvalue weighted by Gasteiger charge is -2.26. The van der Waals surface area contributed by atoms with Gasteiger partial charge in [-0.2, -0.15) is 0 Å². The number of fused-ring (bicyclic) bond motifs is 1. The van der Waals surface area contributed by atoms with Crippen molar-refractivity contribution in [1.82, 2.24) is 4.90 Å². The second-order valence-corrected chi connectivity index (χ2v) is 5.34. The Morgan fingerprint density at radius 1 is 1.00 bits per heavy atom. The van der Waals surface area contributed by atoms with E-state index in [-0.39, 0.29) is 6.10 Å². The summed E-state index contributed by atoms with van der Waals surface area (Å²) < 4.78 is 11.8. The van der Waals surface area contributed by atoms with Gasteiger partial charge >= 0.3 is 0 Å². The van der Waals surface area contributed by atoms with E-state index in [1.54, 1.807) is 0 Å². The molecule has 0 fully saturated rings. The van der Waals surface area contributed by atoms with E-state index >= 15 is 0 Å². The fourth-order valence-electron chi connectivity index (χ4n) is 2.39. The van der Waals surface area contributed by atoms with Gasteiger partial charge in [0.25, 0.3) is 0 Å². The third-order valence-corrected chi connectivity index (χ3v) is 3.36. The number of rotatable bonds is 3. The molecule has 0 saturated heterocycles. The largest absolute Gasteiger partial charge is 0.485 e. The molecule has 3 rings (SSSR count). The lowest BCUT2D eigenvalue weighted by Crippen LogP contribution is -2.21. The Kier molecular flexibility index (Phi) is 3.61. The average Bonchev–Trinajstić information content (AvgIpc) is 2.47. The van der Waals surface area contributed by atoms with Crippen LogP contribution in [-0.2, 0) is 6.54 Å². The smallest absolute Gasteiger partial charge is 0.162 e. The minimum atomic E-state index is -0.0293. The van der Waals surface area contributed by atoms with E-state index in [0.717, 1.165) is 23.6 Å². The van der Waals surface area contributed by atoms with E-state index in [1.807, 2.05) is 24.3 Å². The standard InChI is InChI=1S/C17H19NO2/c1-18(2)11-13-7-9-14(10-8-13)17-12-19-15-5-3-4-6-16(15)20-17/h3-10,17H,11-12H2,1-2H3/t17-/m1/s1. The van der Waals surface area contributed by atoms with Gasteiger partial charge in [0, 0.05) is 6.54 Å². The molecular weight excluding hydrogens is 250 g/mol. The van der Waals surface area contributed by atoms with Crippen LogP contribution in [0.25, 0.3) is 0 Å². The molecule has 1 heterocycles. The highest BCUT2D eigenvalue weighted by Crippen LogP contribution is 2.35. The summed E-state index contributed by atoms with van der Waals surface area (Å²) in [6.45, 7) is 1.51. The summed E-state index contributed by atoms with van der Waals surface area (Å²) in [4.78, 5) is 2.16. The zero-order chi connectivity index (χ0) is 13.9. The number of benzene rings is 2. The van der Waals surface area contributed by atoms with Crippen molar-refractivity contribution in [2.75, 3.05) is 20.7 Å². The molecule has 0 bridgehead atoms. The molecule has 104 valence electrons. The van der Waals surface area contributed by atoms with Crippen molar-refractivity contribution in [2.45, 2.75) is 12.6 Å². The van der Waals surface area contributed by atoms with E-state index in [1.165, 1.54) is 5.56 Å². The molecule has 1 aliphatic heterocycles. The number of para-hydroxylation sites is 2. The molecule has 2 aromatic carbocycles. The highest BCUT2D eigenvalue weighted by atomic mass is 16.6. The minimum Gasteiger partial charge on any atom is -0.485 e. The Balaban J connectivity index is 1.74. The SMILES string of the molecule is CN(C)Cc1ccc([C@H]2COc3ccccc3O2)cc1. The van der Waals surface area contributed by atoms with Crippen molar-refractivity contribution in [2.24, 2.45) is 0 Å². The fraction of sp³-hybridized carbons (Fsp3) is 0.294. The molecule has 0 amide bonds. The number of ether oxygens (including phenoxy) is 2. The Bertz CT molecular complexity index is 578. The van der Waals surface area contributed by atoms with Crippen molar-refractivity contribution < 1.29 is 9.47 Å². The first-order chi connectivity index (χ1) is 9.72. The zero-order valence-electron chi connectivity index (χ0n) is 11.9. The van der Waals surface area contributed by atoms with E-state index in [4.69, 9.17) is 9.47 Å². The molecule has 3 heteroatoms. The van der Waals surface area contributed by atoms with Gasteiger partial charge in [0.1, 0.15) is 6.61 Å². The quantitative estimate of drug-likeness (QED) is 0.853. The molecule has 0 N–H and O–H groups in total. The van der Waals surface area contributed by atoms with Crippen LogP contribution in [-0.4, -0.2) is 25.6 Å². The summed E-state index contributed by atoms with van der Waals surface area (Å²) in [5.41, 5.74) is 2.46. The topological polar surface area (TPSA) is 21.7 Å². The van der Waals surface area contributed by atoms with Crippen molar-refractivity contribution in [1.29, 1.82) is 0 Å². The first-order valence-electron chi connectivity index (χ1n) is 6.84.